The summed E-state index contributed by atoms with van der Waals surface area (Å²) in [6.07, 6.45) is 3.70. The fraction of sp³-hybridized carbons (Fsp3) is 0.333. The van der Waals surface area contributed by atoms with E-state index < -0.39 is 0 Å². The standard InChI is InChI=1S/C15H17NO4S/c1-3-4-7-20-11-6-5-10(8-12(11)19-2)9-13-14(17)16-15(18)21-13/h5-6,8-9H,3-4,7H2,1-2H3,(H,16,17,18)/b13-9-. The van der Waals surface area contributed by atoms with Crippen molar-refractivity contribution < 1.29 is 19.1 Å². The largest absolute Gasteiger partial charge is 0.493 e. The number of hydrogen-bond donors (Lipinski definition) is 1. The lowest BCUT2D eigenvalue weighted by molar-refractivity contribution is -0.115. The number of ether oxygens (including phenoxy) is 2. The van der Waals surface area contributed by atoms with E-state index in [4.69, 9.17) is 9.47 Å². The number of benzene rings is 1. The average Bonchev–Trinajstić information content (AvgIpc) is 2.78. The van der Waals surface area contributed by atoms with Crippen LogP contribution >= 0.6 is 11.8 Å². The zero-order valence-corrected chi connectivity index (χ0v) is 12.8. The van der Waals surface area contributed by atoms with Crippen LogP contribution in [0.5, 0.6) is 11.5 Å². The Labute approximate surface area is 127 Å². The Bertz CT molecular complexity index is 583. The van der Waals surface area contributed by atoms with Gasteiger partial charge in [-0.1, -0.05) is 19.4 Å². The summed E-state index contributed by atoms with van der Waals surface area (Å²) in [6.45, 7) is 2.74. The first-order valence-electron chi connectivity index (χ1n) is 6.69. The number of nitrogens with one attached hydrogen (secondary N) is 1. The first-order valence-corrected chi connectivity index (χ1v) is 7.51. The second kappa shape index (κ2) is 7.17. The molecule has 1 heterocycles. The highest BCUT2D eigenvalue weighted by atomic mass is 32.2. The van der Waals surface area contributed by atoms with E-state index >= 15 is 0 Å². The third kappa shape index (κ3) is 4.01. The Balaban J connectivity index is 2.17. The quantitative estimate of drug-likeness (QED) is 0.646. The van der Waals surface area contributed by atoms with Crippen LogP contribution in [0.25, 0.3) is 6.08 Å². The van der Waals surface area contributed by atoms with Crippen LogP contribution in [0.15, 0.2) is 23.1 Å². The zero-order chi connectivity index (χ0) is 15.2. The second-order valence-electron chi connectivity index (χ2n) is 4.46. The number of thioether (sulfide) groups is 1. The molecule has 1 fully saturated rings. The molecule has 0 radical (unpaired) electrons. The molecule has 6 heteroatoms. The van der Waals surface area contributed by atoms with E-state index in [0.717, 1.165) is 30.2 Å². The smallest absolute Gasteiger partial charge is 0.290 e. The number of methoxy groups -OCH3 is 1. The van der Waals surface area contributed by atoms with E-state index in [0.29, 0.717) is 23.0 Å². The van der Waals surface area contributed by atoms with E-state index in [1.54, 1.807) is 25.3 Å². The van der Waals surface area contributed by atoms with Crippen LogP contribution in [0.2, 0.25) is 0 Å². The van der Waals surface area contributed by atoms with Crippen molar-refractivity contribution in [3.8, 4) is 11.5 Å². The Hall–Kier alpha value is -1.95. The topological polar surface area (TPSA) is 64.6 Å². The summed E-state index contributed by atoms with van der Waals surface area (Å²) in [7, 11) is 1.57. The normalized spacial score (nSPS) is 16.2. The van der Waals surface area contributed by atoms with Gasteiger partial charge in [-0.25, -0.2) is 0 Å². The number of carbonyl (C=O) groups is 2. The van der Waals surface area contributed by atoms with Crippen molar-refractivity contribution in [2.45, 2.75) is 19.8 Å². The number of unbranched alkanes of at least 4 members (excludes halogenated alkanes) is 1. The molecular weight excluding hydrogens is 290 g/mol. The highest BCUT2D eigenvalue weighted by molar-refractivity contribution is 8.18. The lowest BCUT2D eigenvalue weighted by Crippen LogP contribution is -2.17. The van der Waals surface area contributed by atoms with Crippen LogP contribution in [-0.4, -0.2) is 24.9 Å². The van der Waals surface area contributed by atoms with Crippen molar-refractivity contribution >= 4 is 29.0 Å². The molecule has 2 rings (SSSR count). The summed E-state index contributed by atoms with van der Waals surface area (Å²) >= 11 is 0.892. The lowest BCUT2D eigenvalue weighted by Gasteiger charge is -2.11. The van der Waals surface area contributed by atoms with Crippen LogP contribution in [0, 0.1) is 0 Å². The number of carbonyl (C=O) groups excluding carboxylic acids is 2. The summed E-state index contributed by atoms with van der Waals surface area (Å²) in [5.74, 6) is 0.912. The van der Waals surface area contributed by atoms with E-state index in [1.807, 2.05) is 6.07 Å². The maximum absolute atomic E-state index is 11.5. The molecule has 1 N–H and O–H groups in total. The molecule has 1 aliphatic heterocycles. The van der Waals surface area contributed by atoms with Gasteiger partial charge in [0, 0.05) is 0 Å². The third-order valence-electron chi connectivity index (χ3n) is 2.88. The summed E-state index contributed by atoms with van der Waals surface area (Å²) < 4.78 is 10.9. The first kappa shape index (κ1) is 15.4. The number of amides is 2. The predicted octanol–water partition coefficient (Wildman–Crippen LogP) is 3.20. The van der Waals surface area contributed by atoms with Gasteiger partial charge in [-0.2, -0.15) is 0 Å². The van der Waals surface area contributed by atoms with Gasteiger partial charge in [0.25, 0.3) is 11.1 Å². The molecule has 21 heavy (non-hydrogen) atoms. The van der Waals surface area contributed by atoms with Crippen molar-refractivity contribution in [1.29, 1.82) is 0 Å². The monoisotopic (exact) mass is 307 g/mol. The van der Waals surface area contributed by atoms with Crippen molar-refractivity contribution in [2.75, 3.05) is 13.7 Å². The molecule has 0 atom stereocenters. The van der Waals surface area contributed by atoms with Crippen LogP contribution in [0.4, 0.5) is 4.79 Å². The van der Waals surface area contributed by atoms with E-state index in [2.05, 4.69) is 12.2 Å². The highest BCUT2D eigenvalue weighted by Gasteiger charge is 2.25. The molecule has 0 bridgehead atoms. The number of imide groups is 1. The van der Waals surface area contributed by atoms with Crippen LogP contribution in [0.3, 0.4) is 0 Å². The molecule has 1 saturated heterocycles. The molecule has 1 aromatic carbocycles. The summed E-state index contributed by atoms with van der Waals surface area (Å²) in [4.78, 5) is 23.0. The minimum Gasteiger partial charge on any atom is -0.493 e. The van der Waals surface area contributed by atoms with Gasteiger partial charge in [-0.15, -0.1) is 0 Å². The summed E-state index contributed by atoms with van der Waals surface area (Å²) in [6, 6.07) is 5.42. The molecule has 0 unspecified atom stereocenters. The minimum absolute atomic E-state index is 0.349. The SMILES string of the molecule is CCCCOc1ccc(/C=C2\SC(=O)NC2=O)cc1OC. The Morgan fingerprint density at radius 2 is 2.10 bits per heavy atom. The van der Waals surface area contributed by atoms with Crippen LogP contribution in [0.1, 0.15) is 25.3 Å². The third-order valence-corrected chi connectivity index (χ3v) is 3.69. The lowest BCUT2D eigenvalue weighted by atomic mass is 10.2. The van der Waals surface area contributed by atoms with Crippen molar-refractivity contribution in [3.63, 3.8) is 0 Å². The van der Waals surface area contributed by atoms with Gasteiger partial charge in [0.2, 0.25) is 0 Å². The minimum atomic E-state index is -0.368. The molecule has 112 valence electrons. The van der Waals surface area contributed by atoms with Gasteiger partial charge in [0.1, 0.15) is 0 Å². The molecule has 1 aliphatic rings. The average molecular weight is 307 g/mol. The van der Waals surface area contributed by atoms with E-state index in [1.165, 1.54) is 0 Å². The van der Waals surface area contributed by atoms with E-state index in [-0.39, 0.29) is 11.1 Å². The predicted molar refractivity (Wildman–Crippen MR) is 82.5 cm³/mol. The maximum atomic E-state index is 11.5. The molecular formula is C15H17NO4S. The van der Waals surface area contributed by atoms with Crippen LogP contribution < -0.4 is 14.8 Å². The highest BCUT2D eigenvalue weighted by Crippen LogP contribution is 2.31. The number of rotatable bonds is 6. The summed E-state index contributed by atoms with van der Waals surface area (Å²) in [5.41, 5.74) is 0.780. The van der Waals surface area contributed by atoms with Crippen molar-refractivity contribution in [3.05, 3.63) is 28.7 Å². The zero-order valence-electron chi connectivity index (χ0n) is 12.0. The van der Waals surface area contributed by atoms with Gasteiger partial charge in [0.05, 0.1) is 18.6 Å². The Morgan fingerprint density at radius 1 is 1.29 bits per heavy atom. The molecule has 5 nitrogen and oxygen atoms in total. The Morgan fingerprint density at radius 3 is 2.71 bits per heavy atom. The van der Waals surface area contributed by atoms with Crippen molar-refractivity contribution in [2.24, 2.45) is 0 Å². The van der Waals surface area contributed by atoms with Gasteiger partial charge in [-0.05, 0) is 42.0 Å². The molecule has 0 aromatic heterocycles. The maximum Gasteiger partial charge on any atom is 0.290 e. The molecule has 2 amide bonds. The van der Waals surface area contributed by atoms with Gasteiger partial charge < -0.3 is 9.47 Å². The van der Waals surface area contributed by atoms with E-state index in [9.17, 15) is 9.59 Å². The fourth-order valence-corrected chi connectivity index (χ4v) is 2.47. The summed E-state index contributed by atoms with van der Waals surface area (Å²) in [5, 5.41) is 1.87. The Kier molecular flexibility index (Phi) is 5.27. The molecule has 1 aromatic rings. The molecule has 0 spiro atoms. The number of hydrogen-bond acceptors (Lipinski definition) is 5. The second-order valence-corrected chi connectivity index (χ2v) is 5.48. The van der Waals surface area contributed by atoms with Crippen molar-refractivity contribution in [1.82, 2.24) is 5.32 Å². The molecule has 0 saturated carbocycles. The van der Waals surface area contributed by atoms with Gasteiger partial charge in [0.15, 0.2) is 11.5 Å². The first-order chi connectivity index (χ1) is 10.1. The van der Waals surface area contributed by atoms with Gasteiger partial charge >= 0.3 is 0 Å². The van der Waals surface area contributed by atoms with Crippen LogP contribution in [-0.2, 0) is 4.79 Å². The molecule has 0 aliphatic carbocycles. The van der Waals surface area contributed by atoms with Gasteiger partial charge in [-0.3, -0.25) is 14.9 Å². The fourth-order valence-electron chi connectivity index (χ4n) is 1.79.